The van der Waals surface area contributed by atoms with Gasteiger partial charge in [0.2, 0.25) is 5.91 Å². The van der Waals surface area contributed by atoms with Crippen molar-refractivity contribution in [1.29, 1.82) is 0 Å². The summed E-state index contributed by atoms with van der Waals surface area (Å²) in [6.07, 6.45) is 0. The van der Waals surface area contributed by atoms with Crippen LogP contribution < -0.4 is 5.73 Å². The number of nitrogens with two attached hydrogens (primary N) is 1. The maximum atomic E-state index is 12.5. The summed E-state index contributed by atoms with van der Waals surface area (Å²) < 4.78 is 25.4. The SMILES string of the molecule is CCN(CC)C(=O)C(C)S(=O)(=O)c1ccc(N)cc1Br. The van der Waals surface area contributed by atoms with Crippen molar-refractivity contribution in [3.8, 4) is 0 Å². The first-order valence-electron chi connectivity index (χ1n) is 6.33. The summed E-state index contributed by atoms with van der Waals surface area (Å²) in [5, 5.41) is -1.12. The van der Waals surface area contributed by atoms with Crippen molar-refractivity contribution < 1.29 is 13.2 Å². The van der Waals surface area contributed by atoms with Crippen LogP contribution >= 0.6 is 15.9 Å². The van der Waals surface area contributed by atoms with E-state index >= 15 is 0 Å². The van der Waals surface area contributed by atoms with Gasteiger partial charge in [-0.05, 0) is 54.9 Å². The molecule has 0 spiro atoms. The Balaban J connectivity index is 3.19. The van der Waals surface area contributed by atoms with Crippen LogP contribution in [-0.4, -0.2) is 37.6 Å². The fraction of sp³-hybridized carbons (Fsp3) is 0.462. The summed E-state index contributed by atoms with van der Waals surface area (Å²) in [5.41, 5.74) is 6.05. The van der Waals surface area contributed by atoms with Crippen LogP contribution in [0.25, 0.3) is 0 Å². The van der Waals surface area contributed by atoms with Crippen LogP contribution in [0.4, 0.5) is 5.69 Å². The highest BCUT2D eigenvalue weighted by atomic mass is 79.9. The Labute approximate surface area is 128 Å². The molecule has 0 bridgehead atoms. The number of carbonyl (C=O) groups excluding carboxylic acids is 1. The van der Waals surface area contributed by atoms with Crippen LogP contribution in [-0.2, 0) is 14.6 Å². The molecule has 7 heteroatoms. The third-order valence-corrected chi connectivity index (χ3v) is 6.17. The van der Waals surface area contributed by atoms with Gasteiger partial charge in [0.15, 0.2) is 9.84 Å². The van der Waals surface area contributed by atoms with E-state index in [9.17, 15) is 13.2 Å². The Bertz CT molecular complexity index is 598. The molecule has 5 nitrogen and oxygen atoms in total. The Morgan fingerprint density at radius 1 is 1.35 bits per heavy atom. The van der Waals surface area contributed by atoms with E-state index < -0.39 is 21.0 Å². The van der Waals surface area contributed by atoms with Crippen LogP contribution in [0.2, 0.25) is 0 Å². The number of amides is 1. The zero-order valence-corrected chi connectivity index (χ0v) is 14.2. The van der Waals surface area contributed by atoms with Gasteiger partial charge in [0, 0.05) is 23.2 Å². The fourth-order valence-electron chi connectivity index (χ4n) is 1.86. The van der Waals surface area contributed by atoms with Crippen LogP contribution in [0.1, 0.15) is 20.8 Å². The van der Waals surface area contributed by atoms with Crippen LogP contribution in [0.15, 0.2) is 27.6 Å². The van der Waals surface area contributed by atoms with Crippen molar-refractivity contribution in [2.24, 2.45) is 0 Å². The molecule has 0 aliphatic carbocycles. The molecule has 1 amide bonds. The Hall–Kier alpha value is -1.08. The fourth-order valence-corrected chi connectivity index (χ4v) is 4.32. The predicted octanol–water partition coefficient (Wildman–Crippen LogP) is 2.06. The van der Waals surface area contributed by atoms with E-state index in [1.54, 1.807) is 0 Å². The third kappa shape index (κ3) is 3.32. The molecule has 1 aromatic carbocycles. The number of benzene rings is 1. The molecule has 2 N–H and O–H groups in total. The molecule has 0 fully saturated rings. The molecular weight excluding hydrogens is 344 g/mol. The second-order valence-electron chi connectivity index (χ2n) is 4.39. The molecule has 1 atom stereocenters. The maximum absolute atomic E-state index is 12.5. The molecule has 0 radical (unpaired) electrons. The Kier molecular flexibility index (Phi) is 5.59. The molecule has 1 aromatic rings. The minimum absolute atomic E-state index is 0.0831. The quantitative estimate of drug-likeness (QED) is 0.812. The van der Waals surface area contributed by atoms with Gasteiger partial charge in [0.25, 0.3) is 0 Å². The van der Waals surface area contributed by atoms with Crippen molar-refractivity contribution >= 4 is 37.4 Å². The third-order valence-electron chi connectivity index (χ3n) is 3.15. The highest BCUT2D eigenvalue weighted by Crippen LogP contribution is 2.27. The van der Waals surface area contributed by atoms with Crippen molar-refractivity contribution in [1.82, 2.24) is 4.90 Å². The van der Waals surface area contributed by atoms with Crippen molar-refractivity contribution in [3.63, 3.8) is 0 Å². The molecule has 0 saturated carbocycles. The van der Waals surface area contributed by atoms with Gasteiger partial charge in [-0.3, -0.25) is 4.79 Å². The molecule has 112 valence electrons. The number of carbonyl (C=O) groups is 1. The van der Waals surface area contributed by atoms with Crippen molar-refractivity contribution in [2.75, 3.05) is 18.8 Å². The second-order valence-corrected chi connectivity index (χ2v) is 7.48. The number of rotatable bonds is 5. The van der Waals surface area contributed by atoms with Gasteiger partial charge >= 0.3 is 0 Å². The standard InChI is InChI=1S/C13H19BrN2O3S/c1-4-16(5-2)13(17)9(3)20(18,19)12-7-6-10(15)8-11(12)14/h6-9H,4-5,15H2,1-3H3. The van der Waals surface area contributed by atoms with Gasteiger partial charge in [-0.2, -0.15) is 0 Å². The van der Waals surface area contributed by atoms with Gasteiger partial charge in [-0.1, -0.05) is 0 Å². The van der Waals surface area contributed by atoms with E-state index in [1.807, 2.05) is 13.8 Å². The van der Waals surface area contributed by atoms with Crippen LogP contribution in [0, 0.1) is 0 Å². The summed E-state index contributed by atoms with van der Waals surface area (Å²) >= 11 is 3.19. The van der Waals surface area contributed by atoms with E-state index in [-0.39, 0.29) is 4.90 Å². The normalized spacial score (nSPS) is 13.0. The van der Waals surface area contributed by atoms with Gasteiger partial charge in [-0.25, -0.2) is 8.42 Å². The van der Waals surface area contributed by atoms with Gasteiger partial charge in [-0.15, -0.1) is 0 Å². The molecule has 0 heterocycles. The largest absolute Gasteiger partial charge is 0.399 e. The predicted molar refractivity (Wildman–Crippen MR) is 83.1 cm³/mol. The summed E-state index contributed by atoms with van der Waals surface area (Å²) in [7, 11) is -3.74. The van der Waals surface area contributed by atoms with E-state index in [2.05, 4.69) is 15.9 Å². The summed E-state index contributed by atoms with van der Waals surface area (Å²) in [6, 6.07) is 4.44. The number of hydrogen-bond acceptors (Lipinski definition) is 4. The number of nitrogens with zero attached hydrogens (tertiary/aromatic N) is 1. The van der Waals surface area contributed by atoms with E-state index in [4.69, 9.17) is 5.73 Å². The maximum Gasteiger partial charge on any atom is 0.240 e. The smallest absolute Gasteiger partial charge is 0.240 e. The Morgan fingerprint density at radius 2 is 1.90 bits per heavy atom. The molecule has 1 rings (SSSR count). The molecule has 1 unspecified atom stereocenters. The molecule has 20 heavy (non-hydrogen) atoms. The number of hydrogen-bond donors (Lipinski definition) is 1. The van der Waals surface area contributed by atoms with Crippen molar-refractivity contribution in [3.05, 3.63) is 22.7 Å². The van der Waals surface area contributed by atoms with E-state index in [1.165, 1.54) is 30.0 Å². The molecule has 0 aromatic heterocycles. The van der Waals surface area contributed by atoms with E-state index in [0.717, 1.165) is 0 Å². The zero-order chi connectivity index (χ0) is 15.5. The number of nitrogen functional groups attached to an aromatic ring is 1. The molecular formula is C13H19BrN2O3S. The number of sulfone groups is 1. The minimum atomic E-state index is -3.74. The lowest BCUT2D eigenvalue weighted by Crippen LogP contribution is -2.41. The summed E-state index contributed by atoms with van der Waals surface area (Å²) in [4.78, 5) is 13.8. The zero-order valence-electron chi connectivity index (χ0n) is 11.8. The number of halogens is 1. The highest BCUT2D eigenvalue weighted by molar-refractivity contribution is 9.10. The first-order valence-corrected chi connectivity index (χ1v) is 8.67. The number of anilines is 1. The van der Waals surface area contributed by atoms with Crippen molar-refractivity contribution in [2.45, 2.75) is 30.9 Å². The lowest BCUT2D eigenvalue weighted by molar-refractivity contribution is -0.130. The first kappa shape index (κ1) is 17.0. The lowest BCUT2D eigenvalue weighted by Gasteiger charge is -2.23. The van der Waals surface area contributed by atoms with Gasteiger partial charge in [0.05, 0.1) is 4.90 Å². The van der Waals surface area contributed by atoms with Crippen LogP contribution in [0.3, 0.4) is 0 Å². The minimum Gasteiger partial charge on any atom is -0.399 e. The monoisotopic (exact) mass is 362 g/mol. The molecule has 0 aliphatic heterocycles. The first-order chi connectivity index (χ1) is 9.25. The highest BCUT2D eigenvalue weighted by Gasteiger charge is 2.33. The second kappa shape index (κ2) is 6.58. The van der Waals surface area contributed by atoms with Gasteiger partial charge in [0.1, 0.15) is 5.25 Å². The lowest BCUT2D eigenvalue weighted by atomic mass is 10.3. The van der Waals surface area contributed by atoms with Gasteiger partial charge < -0.3 is 10.6 Å². The van der Waals surface area contributed by atoms with E-state index in [0.29, 0.717) is 23.2 Å². The average Bonchev–Trinajstić information content (AvgIpc) is 2.38. The van der Waals surface area contributed by atoms with Crippen LogP contribution in [0.5, 0.6) is 0 Å². The topological polar surface area (TPSA) is 80.5 Å². The molecule has 0 aliphatic rings. The summed E-state index contributed by atoms with van der Waals surface area (Å²) in [6.45, 7) is 6.02. The summed E-state index contributed by atoms with van der Waals surface area (Å²) in [5.74, 6) is -0.390. The Morgan fingerprint density at radius 3 is 2.35 bits per heavy atom. The molecule has 0 saturated heterocycles. The average molecular weight is 363 g/mol.